The van der Waals surface area contributed by atoms with Gasteiger partial charge >= 0.3 is 0 Å². The molecule has 0 amide bonds. The molecule has 0 atom stereocenters. The number of nitrogens with zero attached hydrogens (tertiary/aromatic N) is 2. The standard InChI is InChI=1S/C29H38N2O3S/c1-30(20-17-23-13-16-27(33-4)28(21-23)34-5)18-8-19-31(2)26-9-6-7-10-29(26)35-22-24-11-14-25(32-3)15-12-24/h6-7,9-16,21H,8,17-20,22H2,1-5H3. The van der Waals surface area contributed by atoms with Crippen LogP contribution in [-0.2, 0) is 12.2 Å². The predicted molar refractivity (Wildman–Crippen MR) is 148 cm³/mol. The molecule has 0 aromatic heterocycles. The summed E-state index contributed by atoms with van der Waals surface area (Å²) in [6, 6.07) is 23.2. The second-order valence-corrected chi connectivity index (χ2v) is 9.64. The first-order chi connectivity index (χ1) is 17.0. The van der Waals surface area contributed by atoms with Crippen LogP contribution in [0.3, 0.4) is 0 Å². The molecular formula is C29H38N2O3S. The van der Waals surface area contributed by atoms with Gasteiger partial charge in [-0.3, -0.25) is 0 Å². The third-order valence-electron chi connectivity index (χ3n) is 6.09. The number of rotatable bonds is 14. The van der Waals surface area contributed by atoms with E-state index in [9.17, 15) is 0 Å². The summed E-state index contributed by atoms with van der Waals surface area (Å²) in [5.41, 5.74) is 3.85. The van der Waals surface area contributed by atoms with Crippen LogP contribution in [0.1, 0.15) is 17.5 Å². The number of hydrogen-bond donors (Lipinski definition) is 0. The Morgan fingerprint density at radius 2 is 1.43 bits per heavy atom. The fourth-order valence-corrected chi connectivity index (χ4v) is 5.00. The Bertz CT molecular complexity index is 1040. The van der Waals surface area contributed by atoms with E-state index >= 15 is 0 Å². The van der Waals surface area contributed by atoms with E-state index in [-0.39, 0.29) is 0 Å². The van der Waals surface area contributed by atoms with E-state index in [1.807, 2.05) is 30.0 Å². The Labute approximate surface area is 215 Å². The zero-order chi connectivity index (χ0) is 25.0. The van der Waals surface area contributed by atoms with Gasteiger partial charge in [-0.15, -0.1) is 11.8 Å². The van der Waals surface area contributed by atoms with E-state index in [0.29, 0.717) is 0 Å². The summed E-state index contributed by atoms with van der Waals surface area (Å²) in [7, 11) is 9.43. The number of likely N-dealkylation sites (N-methyl/N-ethyl adjacent to an activating group) is 1. The first kappa shape index (κ1) is 26.8. The van der Waals surface area contributed by atoms with Crippen LogP contribution in [0.25, 0.3) is 0 Å². The largest absolute Gasteiger partial charge is 0.497 e. The van der Waals surface area contributed by atoms with E-state index < -0.39 is 0 Å². The number of para-hydroxylation sites is 1. The van der Waals surface area contributed by atoms with Crippen LogP contribution < -0.4 is 19.1 Å². The van der Waals surface area contributed by atoms with Gasteiger partial charge < -0.3 is 24.0 Å². The molecule has 35 heavy (non-hydrogen) atoms. The lowest BCUT2D eigenvalue weighted by atomic mass is 10.1. The zero-order valence-corrected chi connectivity index (χ0v) is 22.4. The number of anilines is 1. The molecule has 0 radical (unpaired) electrons. The van der Waals surface area contributed by atoms with Gasteiger partial charge in [0.25, 0.3) is 0 Å². The molecule has 0 spiro atoms. The van der Waals surface area contributed by atoms with Gasteiger partial charge in [0, 0.05) is 30.8 Å². The molecule has 6 heteroatoms. The van der Waals surface area contributed by atoms with E-state index in [1.165, 1.54) is 21.7 Å². The first-order valence-corrected chi connectivity index (χ1v) is 13.0. The molecule has 0 bridgehead atoms. The van der Waals surface area contributed by atoms with Crippen molar-refractivity contribution in [1.82, 2.24) is 4.90 Å². The number of ether oxygens (including phenoxy) is 3. The van der Waals surface area contributed by atoms with Crippen LogP contribution in [0.15, 0.2) is 71.6 Å². The average Bonchev–Trinajstić information content (AvgIpc) is 2.90. The Hall–Kier alpha value is -2.83. The summed E-state index contributed by atoms with van der Waals surface area (Å²) in [5, 5.41) is 0. The molecule has 0 heterocycles. The average molecular weight is 495 g/mol. The number of hydrogen-bond acceptors (Lipinski definition) is 6. The van der Waals surface area contributed by atoms with E-state index in [0.717, 1.165) is 55.5 Å². The minimum atomic E-state index is 0.773. The fraction of sp³-hybridized carbons (Fsp3) is 0.379. The lowest BCUT2D eigenvalue weighted by Gasteiger charge is -2.24. The minimum absolute atomic E-state index is 0.773. The Kier molecular flexibility index (Phi) is 10.6. The van der Waals surface area contributed by atoms with Crippen molar-refractivity contribution in [1.29, 1.82) is 0 Å². The first-order valence-electron chi connectivity index (χ1n) is 12.0. The summed E-state index contributed by atoms with van der Waals surface area (Å²) in [5.74, 6) is 3.40. The zero-order valence-electron chi connectivity index (χ0n) is 21.6. The Morgan fingerprint density at radius 1 is 0.714 bits per heavy atom. The van der Waals surface area contributed by atoms with Crippen molar-refractivity contribution in [3.63, 3.8) is 0 Å². The Balaban J connectivity index is 1.45. The molecule has 0 fully saturated rings. The topological polar surface area (TPSA) is 34.2 Å². The summed E-state index contributed by atoms with van der Waals surface area (Å²) < 4.78 is 16.0. The molecule has 0 aliphatic heterocycles. The van der Waals surface area contributed by atoms with Crippen molar-refractivity contribution < 1.29 is 14.2 Å². The summed E-state index contributed by atoms with van der Waals surface area (Å²) in [6.07, 6.45) is 2.09. The van der Waals surface area contributed by atoms with Crippen molar-refractivity contribution in [2.75, 3.05) is 60.0 Å². The molecule has 3 rings (SSSR count). The molecule has 188 valence electrons. The van der Waals surface area contributed by atoms with Gasteiger partial charge in [-0.25, -0.2) is 0 Å². The quantitative estimate of drug-likeness (QED) is 0.256. The van der Waals surface area contributed by atoms with Crippen molar-refractivity contribution >= 4 is 17.4 Å². The van der Waals surface area contributed by atoms with Gasteiger partial charge in [-0.2, -0.15) is 0 Å². The van der Waals surface area contributed by atoms with Crippen LogP contribution in [0.5, 0.6) is 17.2 Å². The van der Waals surface area contributed by atoms with Gasteiger partial charge in [-0.05, 0) is 74.0 Å². The number of benzene rings is 3. The highest BCUT2D eigenvalue weighted by molar-refractivity contribution is 7.98. The van der Waals surface area contributed by atoms with E-state index in [4.69, 9.17) is 14.2 Å². The van der Waals surface area contributed by atoms with Gasteiger partial charge in [0.15, 0.2) is 11.5 Å². The molecule has 0 aliphatic carbocycles. The third-order valence-corrected chi connectivity index (χ3v) is 7.23. The molecule has 0 saturated carbocycles. The number of thioether (sulfide) groups is 1. The molecule has 0 saturated heterocycles. The van der Waals surface area contributed by atoms with Crippen LogP contribution >= 0.6 is 11.8 Å². The highest BCUT2D eigenvalue weighted by Crippen LogP contribution is 2.32. The van der Waals surface area contributed by atoms with Crippen LogP contribution in [0.4, 0.5) is 5.69 Å². The highest BCUT2D eigenvalue weighted by atomic mass is 32.2. The smallest absolute Gasteiger partial charge is 0.160 e. The van der Waals surface area contributed by atoms with Gasteiger partial charge in [-0.1, -0.05) is 30.3 Å². The third kappa shape index (κ3) is 8.11. The maximum absolute atomic E-state index is 5.43. The second-order valence-electron chi connectivity index (χ2n) is 8.62. The SMILES string of the molecule is COc1ccc(CSc2ccccc2N(C)CCCN(C)CCc2ccc(OC)c(OC)c2)cc1. The lowest BCUT2D eigenvalue weighted by molar-refractivity contribution is 0.333. The van der Waals surface area contributed by atoms with Crippen molar-refractivity contribution in [3.8, 4) is 17.2 Å². The lowest BCUT2D eigenvalue weighted by Crippen LogP contribution is -2.27. The highest BCUT2D eigenvalue weighted by Gasteiger charge is 2.10. The molecule has 3 aromatic rings. The molecule has 3 aromatic carbocycles. The van der Waals surface area contributed by atoms with Crippen LogP contribution in [-0.4, -0.2) is 60.0 Å². The molecule has 5 nitrogen and oxygen atoms in total. The van der Waals surface area contributed by atoms with Crippen molar-refractivity contribution in [2.45, 2.75) is 23.5 Å². The van der Waals surface area contributed by atoms with E-state index in [1.54, 1.807) is 21.3 Å². The summed E-state index contributed by atoms with van der Waals surface area (Å²) in [4.78, 5) is 6.08. The van der Waals surface area contributed by atoms with Crippen molar-refractivity contribution in [3.05, 3.63) is 77.9 Å². The monoisotopic (exact) mass is 494 g/mol. The van der Waals surface area contributed by atoms with E-state index in [2.05, 4.69) is 72.4 Å². The van der Waals surface area contributed by atoms with Gasteiger partial charge in [0.1, 0.15) is 5.75 Å². The maximum atomic E-state index is 5.43. The van der Waals surface area contributed by atoms with Crippen molar-refractivity contribution in [2.24, 2.45) is 0 Å². The normalized spacial score (nSPS) is 10.9. The number of methoxy groups -OCH3 is 3. The molecular weight excluding hydrogens is 456 g/mol. The summed E-state index contributed by atoms with van der Waals surface area (Å²) in [6.45, 7) is 3.08. The second kappa shape index (κ2) is 13.9. The Morgan fingerprint density at radius 3 is 2.14 bits per heavy atom. The molecule has 0 unspecified atom stereocenters. The van der Waals surface area contributed by atoms with Gasteiger partial charge in [0.2, 0.25) is 0 Å². The summed E-state index contributed by atoms with van der Waals surface area (Å²) >= 11 is 1.88. The van der Waals surface area contributed by atoms with Crippen LogP contribution in [0, 0.1) is 0 Å². The van der Waals surface area contributed by atoms with Gasteiger partial charge in [0.05, 0.1) is 27.0 Å². The van der Waals surface area contributed by atoms with Crippen LogP contribution in [0.2, 0.25) is 0 Å². The molecule has 0 N–H and O–H groups in total. The fourth-order valence-electron chi connectivity index (χ4n) is 3.94. The molecule has 0 aliphatic rings. The maximum Gasteiger partial charge on any atom is 0.160 e. The minimum Gasteiger partial charge on any atom is -0.497 e. The predicted octanol–water partition coefficient (Wildman–Crippen LogP) is 6.01.